The summed E-state index contributed by atoms with van der Waals surface area (Å²) in [6, 6.07) is 1.87. The van der Waals surface area contributed by atoms with Gasteiger partial charge in [-0.1, -0.05) is 0 Å². The van der Waals surface area contributed by atoms with Crippen molar-refractivity contribution < 1.29 is 14.5 Å². The third-order valence-corrected chi connectivity index (χ3v) is 2.84. The molecule has 0 saturated carbocycles. The Morgan fingerprint density at radius 1 is 1.71 bits per heavy atom. The van der Waals surface area contributed by atoms with E-state index in [1.807, 2.05) is 6.07 Å². The van der Waals surface area contributed by atoms with Crippen LogP contribution in [0.25, 0.3) is 0 Å². The number of carbonyl (C=O) groups is 1. The van der Waals surface area contributed by atoms with Crippen molar-refractivity contribution in [3.05, 3.63) is 33.4 Å². The molecule has 0 aromatic carbocycles. The quantitative estimate of drug-likeness (QED) is 0.312. The molecule has 0 spiro atoms. The van der Waals surface area contributed by atoms with Gasteiger partial charge in [0.25, 0.3) is 5.54 Å². The van der Waals surface area contributed by atoms with Crippen LogP contribution in [0.5, 0.6) is 0 Å². The first-order valence-electron chi connectivity index (χ1n) is 4.95. The van der Waals surface area contributed by atoms with Crippen LogP contribution in [0.3, 0.4) is 0 Å². The van der Waals surface area contributed by atoms with E-state index in [9.17, 15) is 14.9 Å². The molecule has 0 aromatic heterocycles. The van der Waals surface area contributed by atoms with Crippen molar-refractivity contribution in [2.75, 3.05) is 0 Å². The van der Waals surface area contributed by atoms with Crippen LogP contribution in [0.15, 0.2) is 23.3 Å². The van der Waals surface area contributed by atoms with E-state index in [0.29, 0.717) is 5.57 Å². The van der Waals surface area contributed by atoms with Gasteiger partial charge in [-0.2, -0.15) is 5.26 Å². The molecule has 6 heteroatoms. The summed E-state index contributed by atoms with van der Waals surface area (Å²) in [5, 5.41) is 20.0. The summed E-state index contributed by atoms with van der Waals surface area (Å²) in [4.78, 5) is 21.4. The van der Waals surface area contributed by atoms with Gasteiger partial charge in [0.15, 0.2) is 6.10 Å². The maximum Gasteiger partial charge on any atom is 0.303 e. The van der Waals surface area contributed by atoms with Crippen LogP contribution in [0.2, 0.25) is 0 Å². The third-order valence-electron chi connectivity index (χ3n) is 2.84. The molecule has 1 aliphatic rings. The number of carbonyl (C=O) groups excluding carboxylic acids is 1. The van der Waals surface area contributed by atoms with Gasteiger partial charge in [-0.25, -0.2) is 0 Å². The van der Waals surface area contributed by atoms with Crippen LogP contribution in [0, 0.1) is 21.4 Å². The Bertz CT molecular complexity index is 472. The standard InChI is InChI=1S/C11H12N2O4/c1-7-9(6-12)10(17-8(2)14)4-5-11(7,3)13(15)16/h4-5,10H,1-3H3. The highest BCUT2D eigenvalue weighted by molar-refractivity contribution is 5.67. The first-order valence-corrected chi connectivity index (χ1v) is 4.95. The Balaban J connectivity index is 3.21. The molecule has 2 atom stereocenters. The highest BCUT2D eigenvalue weighted by Gasteiger charge is 2.43. The van der Waals surface area contributed by atoms with Crippen molar-refractivity contribution in [1.82, 2.24) is 0 Å². The monoisotopic (exact) mass is 236 g/mol. The average Bonchev–Trinajstić information content (AvgIpc) is 2.23. The van der Waals surface area contributed by atoms with Crippen LogP contribution >= 0.6 is 0 Å². The lowest BCUT2D eigenvalue weighted by Gasteiger charge is -2.26. The number of esters is 1. The number of hydrogen-bond donors (Lipinski definition) is 0. The molecule has 0 aromatic rings. The molecule has 0 bridgehead atoms. The van der Waals surface area contributed by atoms with Crippen LogP contribution in [-0.4, -0.2) is 22.5 Å². The molecule has 1 rings (SSSR count). The zero-order valence-corrected chi connectivity index (χ0v) is 9.76. The number of ether oxygens (including phenoxy) is 1. The second-order valence-corrected chi connectivity index (χ2v) is 3.94. The molecule has 1 aliphatic carbocycles. The fourth-order valence-electron chi connectivity index (χ4n) is 1.60. The maximum atomic E-state index is 11.0. The van der Waals surface area contributed by atoms with Crippen LogP contribution < -0.4 is 0 Å². The van der Waals surface area contributed by atoms with Crippen molar-refractivity contribution in [3.8, 4) is 6.07 Å². The lowest BCUT2D eigenvalue weighted by molar-refractivity contribution is -0.539. The highest BCUT2D eigenvalue weighted by Crippen LogP contribution is 2.31. The van der Waals surface area contributed by atoms with Gasteiger partial charge in [-0.3, -0.25) is 14.9 Å². The lowest BCUT2D eigenvalue weighted by atomic mass is 9.83. The molecule has 2 unspecified atom stereocenters. The molecule has 17 heavy (non-hydrogen) atoms. The van der Waals surface area contributed by atoms with E-state index >= 15 is 0 Å². The van der Waals surface area contributed by atoms with Gasteiger partial charge in [-0.15, -0.1) is 0 Å². The smallest absolute Gasteiger partial charge is 0.303 e. The van der Waals surface area contributed by atoms with Crippen molar-refractivity contribution >= 4 is 5.97 Å². The first-order chi connectivity index (χ1) is 7.82. The topological polar surface area (TPSA) is 93.2 Å². The Morgan fingerprint density at radius 2 is 2.29 bits per heavy atom. The van der Waals surface area contributed by atoms with E-state index in [4.69, 9.17) is 10.00 Å². The van der Waals surface area contributed by atoms with E-state index in [-0.39, 0.29) is 5.57 Å². The molecule has 90 valence electrons. The van der Waals surface area contributed by atoms with E-state index in [2.05, 4.69) is 0 Å². The fourth-order valence-corrected chi connectivity index (χ4v) is 1.60. The van der Waals surface area contributed by atoms with Crippen molar-refractivity contribution in [1.29, 1.82) is 5.26 Å². The zero-order valence-electron chi connectivity index (χ0n) is 9.76. The molecule has 0 heterocycles. The number of nitro groups is 1. The van der Waals surface area contributed by atoms with Crippen molar-refractivity contribution in [3.63, 3.8) is 0 Å². The summed E-state index contributed by atoms with van der Waals surface area (Å²) >= 11 is 0. The van der Waals surface area contributed by atoms with Gasteiger partial charge in [0.05, 0.1) is 11.6 Å². The molecular weight excluding hydrogens is 224 g/mol. The molecule has 0 saturated heterocycles. The molecule has 0 amide bonds. The van der Waals surface area contributed by atoms with Gasteiger partial charge < -0.3 is 4.74 Å². The molecule has 6 nitrogen and oxygen atoms in total. The Labute approximate surface area is 98.3 Å². The molecule has 0 aliphatic heterocycles. The second kappa shape index (κ2) is 4.37. The average molecular weight is 236 g/mol. The van der Waals surface area contributed by atoms with E-state index in [0.717, 1.165) is 0 Å². The fraction of sp³-hybridized carbons (Fsp3) is 0.455. The molecule has 0 radical (unpaired) electrons. The Kier molecular flexibility index (Phi) is 3.32. The minimum Gasteiger partial charge on any atom is -0.453 e. The largest absolute Gasteiger partial charge is 0.453 e. The predicted octanol–water partition coefficient (Wildman–Crippen LogP) is 1.36. The number of rotatable bonds is 2. The van der Waals surface area contributed by atoms with Gasteiger partial charge in [-0.05, 0) is 19.1 Å². The molecule has 0 N–H and O–H groups in total. The minimum atomic E-state index is -1.41. The third kappa shape index (κ3) is 2.18. The number of nitriles is 1. The van der Waals surface area contributed by atoms with Crippen LogP contribution in [-0.2, 0) is 9.53 Å². The second-order valence-electron chi connectivity index (χ2n) is 3.94. The lowest BCUT2D eigenvalue weighted by Crippen LogP contribution is -2.39. The number of hydrogen-bond acceptors (Lipinski definition) is 5. The normalized spacial score (nSPS) is 27.5. The van der Waals surface area contributed by atoms with Gasteiger partial charge >= 0.3 is 5.97 Å². The summed E-state index contributed by atoms with van der Waals surface area (Å²) in [5.41, 5.74) is -1.01. The summed E-state index contributed by atoms with van der Waals surface area (Å²) in [7, 11) is 0. The van der Waals surface area contributed by atoms with Crippen LogP contribution in [0.1, 0.15) is 20.8 Å². The van der Waals surface area contributed by atoms with Crippen LogP contribution in [0.4, 0.5) is 0 Å². The minimum absolute atomic E-state index is 0.113. The Morgan fingerprint density at radius 3 is 2.71 bits per heavy atom. The van der Waals surface area contributed by atoms with Gasteiger partial charge in [0.1, 0.15) is 0 Å². The van der Waals surface area contributed by atoms with Crippen molar-refractivity contribution in [2.45, 2.75) is 32.4 Å². The van der Waals surface area contributed by atoms with E-state index in [1.54, 1.807) is 0 Å². The van der Waals surface area contributed by atoms with E-state index < -0.39 is 22.5 Å². The van der Waals surface area contributed by atoms with E-state index in [1.165, 1.54) is 32.9 Å². The summed E-state index contributed by atoms with van der Waals surface area (Å²) in [6.07, 6.45) is 1.89. The maximum absolute atomic E-state index is 11.0. The SMILES string of the molecule is CC(=O)OC1C=CC(C)([N+](=O)[O-])C(C)=C1C#N. The van der Waals surface area contributed by atoms with Crippen molar-refractivity contribution in [2.24, 2.45) is 0 Å². The van der Waals surface area contributed by atoms with Gasteiger partial charge in [0, 0.05) is 24.3 Å². The Hall–Kier alpha value is -2.16. The zero-order chi connectivity index (χ0) is 13.2. The predicted molar refractivity (Wildman–Crippen MR) is 58.4 cm³/mol. The summed E-state index contributed by atoms with van der Waals surface area (Å²) < 4.78 is 4.91. The number of nitrogens with zero attached hydrogens (tertiary/aromatic N) is 2. The summed E-state index contributed by atoms with van der Waals surface area (Å²) in [6.45, 7) is 4.13. The highest BCUT2D eigenvalue weighted by atomic mass is 16.6. The van der Waals surface area contributed by atoms with Gasteiger partial charge in [0.2, 0.25) is 0 Å². The summed E-state index contributed by atoms with van der Waals surface area (Å²) in [5.74, 6) is -0.537. The molecule has 0 fully saturated rings. The first kappa shape index (κ1) is 12.9. The molecular formula is C11H12N2O4.